The number of methoxy groups -OCH3 is 1. The Morgan fingerprint density at radius 3 is 3.00 bits per heavy atom. The molecule has 2 heterocycles. The fourth-order valence-electron chi connectivity index (χ4n) is 3.07. The Morgan fingerprint density at radius 2 is 2.21 bits per heavy atom. The van der Waals surface area contributed by atoms with E-state index < -0.39 is 0 Å². The minimum atomic E-state index is 0.203. The molecule has 3 rings (SSSR count). The normalized spacial score (nSPS) is 16.7. The van der Waals surface area contributed by atoms with Gasteiger partial charge in [-0.1, -0.05) is 6.07 Å². The topological polar surface area (TPSA) is 77.2 Å². The molecule has 7 nitrogen and oxygen atoms in total. The van der Waals surface area contributed by atoms with Gasteiger partial charge in [-0.25, -0.2) is 0 Å². The molecule has 0 amide bonds. The molecule has 0 radical (unpaired) electrons. The average molecular weight is 402 g/mol. The average Bonchev–Trinajstić information content (AvgIpc) is 3.44. The molecule has 1 fully saturated rings. The van der Waals surface area contributed by atoms with Gasteiger partial charge >= 0.3 is 0 Å². The molecule has 1 aliphatic heterocycles. The summed E-state index contributed by atoms with van der Waals surface area (Å²) in [6.07, 6.45) is 5.71. The van der Waals surface area contributed by atoms with Gasteiger partial charge in [0.15, 0.2) is 5.96 Å². The first kappa shape index (κ1) is 21.2. The summed E-state index contributed by atoms with van der Waals surface area (Å²) >= 11 is 0. The summed E-state index contributed by atoms with van der Waals surface area (Å²) in [6, 6.07) is 11.8. The number of furan rings is 1. The van der Waals surface area contributed by atoms with Crippen molar-refractivity contribution >= 4 is 11.6 Å². The standard InChI is InChI=1S/C22H31N3O4/c1-26-12-5-15-28-20-7-2-6-18(16-20)25-22(24-17-21-9-4-14-29-21)23-11-10-19-8-3-13-27-19/h2-3,6-8,13,16,21H,4-5,9-12,14-15,17H2,1H3,(H2,23,24,25). The summed E-state index contributed by atoms with van der Waals surface area (Å²) in [5, 5.41) is 6.75. The molecule has 0 saturated carbocycles. The van der Waals surface area contributed by atoms with Gasteiger partial charge in [-0.2, -0.15) is 0 Å². The van der Waals surface area contributed by atoms with Gasteiger partial charge in [0.25, 0.3) is 0 Å². The molecule has 0 bridgehead atoms. The number of ether oxygens (including phenoxy) is 3. The first-order chi connectivity index (χ1) is 14.3. The summed E-state index contributed by atoms with van der Waals surface area (Å²) in [6.45, 7) is 3.51. The SMILES string of the molecule is COCCCOc1cccc(NC(=NCC2CCCO2)NCCc2ccco2)c1. The molecule has 158 valence electrons. The number of rotatable bonds is 11. The van der Waals surface area contributed by atoms with Crippen LogP contribution in [0.5, 0.6) is 5.75 Å². The minimum Gasteiger partial charge on any atom is -0.493 e. The smallest absolute Gasteiger partial charge is 0.195 e. The van der Waals surface area contributed by atoms with E-state index in [-0.39, 0.29) is 6.10 Å². The predicted molar refractivity (Wildman–Crippen MR) is 114 cm³/mol. The molecule has 0 spiro atoms. The number of nitrogens with one attached hydrogen (secondary N) is 2. The van der Waals surface area contributed by atoms with Crippen molar-refractivity contribution < 1.29 is 18.6 Å². The van der Waals surface area contributed by atoms with E-state index in [4.69, 9.17) is 23.6 Å². The maximum Gasteiger partial charge on any atom is 0.195 e. The van der Waals surface area contributed by atoms with E-state index in [1.807, 2.05) is 36.4 Å². The third-order valence-electron chi connectivity index (χ3n) is 4.58. The monoisotopic (exact) mass is 401 g/mol. The van der Waals surface area contributed by atoms with Crippen molar-refractivity contribution in [3.05, 3.63) is 48.4 Å². The van der Waals surface area contributed by atoms with Crippen molar-refractivity contribution in [1.29, 1.82) is 0 Å². The zero-order valence-corrected chi connectivity index (χ0v) is 17.1. The maximum absolute atomic E-state index is 5.79. The number of guanidine groups is 1. The van der Waals surface area contributed by atoms with Gasteiger partial charge in [0.1, 0.15) is 11.5 Å². The van der Waals surface area contributed by atoms with E-state index in [0.717, 1.165) is 62.0 Å². The summed E-state index contributed by atoms with van der Waals surface area (Å²) in [7, 11) is 1.70. The maximum atomic E-state index is 5.79. The lowest BCUT2D eigenvalue weighted by molar-refractivity contribution is 0.118. The van der Waals surface area contributed by atoms with E-state index in [2.05, 4.69) is 10.6 Å². The second kappa shape index (κ2) is 12.1. The van der Waals surface area contributed by atoms with Crippen molar-refractivity contribution in [2.45, 2.75) is 31.8 Å². The Labute approximate surface area is 172 Å². The van der Waals surface area contributed by atoms with Crippen LogP contribution in [-0.4, -0.2) is 52.1 Å². The van der Waals surface area contributed by atoms with Gasteiger partial charge < -0.3 is 29.3 Å². The largest absolute Gasteiger partial charge is 0.493 e. The molecule has 29 heavy (non-hydrogen) atoms. The Kier molecular flexibility index (Phi) is 8.88. The van der Waals surface area contributed by atoms with Gasteiger partial charge in [-0.05, 0) is 37.1 Å². The number of hydrogen-bond acceptors (Lipinski definition) is 5. The number of benzene rings is 1. The molecule has 1 aliphatic rings. The number of hydrogen-bond donors (Lipinski definition) is 2. The number of anilines is 1. The van der Waals surface area contributed by atoms with Crippen molar-refractivity contribution in [3.63, 3.8) is 0 Å². The van der Waals surface area contributed by atoms with E-state index in [0.29, 0.717) is 19.8 Å². The molecule has 2 N–H and O–H groups in total. The fraction of sp³-hybridized carbons (Fsp3) is 0.500. The van der Waals surface area contributed by atoms with Crippen LogP contribution < -0.4 is 15.4 Å². The van der Waals surface area contributed by atoms with Crippen molar-refractivity contribution in [2.24, 2.45) is 4.99 Å². The van der Waals surface area contributed by atoms with Gasteiger partial charge in [0, 0.05) is 51.5 Å². The molecule has 1 aromatic heterocycles. The first-order valence-electron chi connectivity index (χ1n) is 10.2. The third kappa shape index (κ3) is 7.79. The highest BCUT2D eigenvalue weighted by Crippen LogP contribution is 2.18. The van der Waals surface area contributed by atoms with Gasteiger partial charge in [-0.15, -0.1) is 0 Å². The third-order valence-corrected chi connectivity index (χ3v) is 4.58. The van der Waals surface area contributed by atoms with E-state index in [9.17, 15) is 0 Å². The van der Waals surface area contributed by atoms with Crippen molar-refractivity contribution in [1.82, 2.24) is 5.32 Å². The van der Waals surface area contributed by atoms with Crippen LogP contribution in [0.1, 0.15) is 25.0 Å². The lowest BCUT2D eigenvalue weighted by Gasteiger charge is -2.15. The number of nitrogens with zero attached hydrogens (tertiary/aromatic N) is 1. The Hall–Kier alpha value is -2.51. The van der Waals surface area contributed by atoms with Crippen LogP contribution in [0, 0.1) is 0 Å². The molecular formula is C22H31N3O4. The highest BCUT2D eigenvalue weighted by atomic mass is 16.5. The Bertz CT molecular complexity index is 727. The van der Waals surface area contributed by atoms with Gasteiger partial charge in [0.2, 0.25) is 0 Å². The van der Waals surface area contributed by atoms with Gasteiger partial charge in [-0.3, -0.25) is 4.99 Å². The predicted octanol–water partition coefficient (Wildman–Crippen LogP) is 3.47. The molecule has 7 heteroatoms. The molecular weight excluding hydrogens is 370 g/mol. The lowest BCUT2D eigenvalue weighted by atomic mass is 10.2. The van der Waals surface area contributed by atoms with Crippen LogP contribution in [-0.2, 0) is 15.9 Å². The number of aliphatic imine (C=N–C) groups is 1. The van der Waals surface area contributed by atoms with E-state index in [1.54, 1.807) is 13.4 Å². The molecule has 2 aromatic rings. The van der Waals surface area contributed by atoms with Crippen LogP contribution in [0.2, 0.25) is 0 Å². The van der Waals surface area contributed by atoms with Crippen LogP contribution >= 0.6 is 0 Å². The second-order valence-corrected chi connectivity index (χ2v) is 6.93. The van der Waals surface area contributed by atoms with Crippen LogP contribution in [0.3, 0.4) is 0 Å². The molecule has 1 unspecified atom stereocenters. The Morgan fingerprint density at radius 1 is 1.24 bits per heavy atom. The molecule has 1 saturated heterocycles. The Balaban J connectivity index is 1.56. The fourth-order valence-corrected chi connectivity index (χ4v) is 3.07. The quantitative estimate of drug-likeness (QED) is 0.341. The van der Waals surface area contributed by atoms with E-state index in [1.165, 1.54) is 0 Å². The second-order valence-electron chi connectivity index (χ2n) is 6.93. The summed E-state index contributed by atoms with van der Waals surface area (Å²) in [5.74, 6) is 2.49. The first-order valence-corrected chi connectivity index (χ1v) is 10.2. The zero-order valence-electron chi connectivity index (χ0n) is 17.1. The molecule has 1 atom stereocenters. The highest BCUT2D eigenvalue weighted by molar-refractivity contribution is 5.93. The van der Waals surface area contributed by atoms with Crippen LogP contribution in [0.15, 0.2) is 52.1 Å². The lowest BCUT2D eigenvalue weighted by Crippen LogP contribution is -2.33. The van der Waals surface area contributed by atoms with E-state index >= 15 is 0 Å². The van der Waals surface area contributed by atoms with Crippen LogP contribution in [0.25, 0.3) is 0 Å². The van der Waals surface area contributed by atoms with Crippen molar-refractivity contribution in [2.75, 3.05) is 45.3 Å². The molecule has 1 aromatic carbocycles. The summed E-state index contributed by atoms with van der Waals surface area (Å²) in [4.78, 5) is 4.72. The highest BCUT2D eigenvalue weighted by Gasteiger charge is 2.15. The minimum absolute atomic E-state index is 0.203. The summed E-state index contributed by atoms with van der Waals surface area (Å²) < 4.78 is 21.9. The zero-order chi connectivity index (χ0) is 20.2. The molecule has 0 aliphatic carbocycles. The summed E-state index contributed by atoms with van der Waals surface area (Å²) in [5.41, 5.74) is 0.922. The van der Waals surface area contributed by atoms with Crippen LogP contribution in [0.4, 0.5) is 5.69 Å². The van der Waals surface area contributed by atoms with Crippen molar-refractivity contribution in [3.8, 4) is 5.75 Å². The van der Waals surface area contributed by atoms with Gasteiger partial charge in [0.05, 0.1) is 25.5 Å².